The van der Waals surface area contributed by atoms with Crippen molar-refractivity contribution in [2.24, 2.45) is 0 Å². The number of ether oxygens (including phenoxy) is 2. The van der Waals surface area contributed by atoms with Gasteiger partial charge in [0.05, 0.1) is 0 Å². The lowest BCUT2D eigenvalue weighted by Crippen LogP contribution is -2.68. The molecule has 1 aliphatic heterocycles. The van der Waals surface area contributed by atoms with Gasteiger partial charge in [0.15, 0.2) is 6.29 Å². The van der Waals surface area contributed by atoms with Crippen LogP contribution in [0.15, 0.2) is 0 Å². The molecule has 3 atom stereocenters. The predicted molar refractivity (Wildman–Crippen MR) is 47.9 cm³/mol. The SMILES string of the molecule is CC(=O)[O-].CO[C@@H]1CC[C@@H]([NH3+])C(C)O1. The molecule has 5 nitrogen and oxygen atoms in total. The Labute approximate surface area is 84.2 Å². The van der Waals surface area contributed by atoms with Crippen molar-refractivity contribution >= 4 is 5.97 Å². The number of hydrogen-bond donors (Lipinski definition) is 1. The van der Waals surface area contributed by atoms with E-state index in [9.17, 15) is 0 Å². The molecular weight excluding hydrogens is 186 g/mol. The second kappa shape index (κ2) is 6.75. The summed E-state index contributed by atoms with van der Waals surface area (Å²) in [4.78, 5) is 8.89. The Hall–Kier alpha value is -0.650. The van der Waals surface area contributed by atoms with E-state index in [1.807, 2.05) is 6.92 Å². The number of hydrogen-bond acceptors (Lipinski definition) is 4. The second-order valence-corrected chi connectivity index (χ2v) is 3.34. The zero-order valence-corrected chi connectivity index (χ0v) is 8.99. The minimum absolute atomic E-state index is 0.00741. The second-order valence-electron chi connectivity index (χ2n) is 3.34. The molecule has 84 valence electrons. The Balaban J connectivity index is 0.000000364. The van der Waals surface area contributed by atoms with Gasteiger partial charge in [-0.05, 0) is 13.8 Å². The van der Waals surface area contributed by atoms with Crippen LogP contribution in [0.25, 0.3) is 0 Å². The Bertz CT molecular complexity index is 170. The van der Waals surface area contributed by atoms with Crippen molar-refractivity contribution in [3.63, 3.8) is 0 Å². The Kier molecular flexibility index (Phi) is 6.44. The molecule has 0 bridgehead atoms. The highest BCUT2D eigenvalue weighted by molar-refractivity contribution is 5.60. The number of quaternary nitrogens is 1. The topological polar surface area (TPSA) is 86.2 Å². The molecule has 1 rings (SSSR count). The van der Waals surface area contributed by atoms with Crippen LogP contribution in [0.4, 0.5) is 0 Å². The average molecular weight is 205 g/mol. The lowest BCUT2D eigenvalue weighted by Gasteiger charge is -2.29. The highest BCUT2D eigenvalue weighted by atomic mass is 16.7. The monoisotopic (exact) mass is 205 g/mol. The Morgan fingerprint density at radius 2 is 2.07 bits per heavy atom. The molecule has 1 fully saturated rings. The average Bonchev–Trinajstić information content (AvgIpc) is 2.09. The summed E-state index contributed by atoms with van der Waals surface area (Å²) in [5, 5.41) is 8.89. The number of rotatable bonds is 1. The molecule has 1 aliphatic rings. The fourth-order valence-electron chi connectivity index (χ4n) is 1.18. The van der Waals surface area contributed by atoms with Gasteiger partial charge in [-0.2, -0.15) is 0 Å². The van der Waals surface area contributed by atoms with E-state index in [1.165, 1.54) is 0 Å². The van der Waals surface area contributed by atoms with Gasteiger partial charge in [0.1, 0.15) is 12.1 Å². The molecule has 0 aliphatic carbocycles. The summed E-state index contributed by atoms with van der Waals surface area (Å²) < 4.78 is 10.5. The van der Waals surface area contributed by atoms with Gasteiger partial charge in [0, 0.05) is 25.9 Å². The van der Waals surface area contributed by atoms with Gasteiger partial charge in [0.2, 0.25) is 0 Å². The van der Waals surface area contributed by atoms with Crippen LogP contribution in [0.3, 0.4) is 0 Å². The molecule has 5 heteroatoms. The van der Waals surface area contributed by atoms with E-state index in [1.54, 1.807) is 7.11 Å². The number of aliphatic carboxylic acids is 1. The molecule has 0 aromatic rings. The van der Waals surface area contributed by atoms with Crippen molar-refractivity contribution in [2.75, 3.05) is 7.11 Å². The molecule has 1 unspecified atom stereocenters. The van der Waals surface area contributed by atoms with Gasteiger partial charge in [-0.3, -0.25) is 0 Å². The van der Waals surface area contributed by atoms with Crippen molar-refractivity contribution in [2.45, 2.75) is 45.1 Å². The fourth-order valence-corrected chi connectivity index (χ4v) is 1.18. The first-order valence-electron chi connectivity index (χ1n) is 4.66. The first kappa shape index (κ1) is 13.4. The summed E-state index contributed by atoms with van der Waals surface area (Å²) in [7, 11) is 1.68. The van der Waals surface area contributed by atoms with Gasteiger partial charge in [-0.25, -0.2) is 0 Å². The lowest BCUT2D eigenvalue weighted by atomic mass is 10.0. The van der Waals surface area contributed by atoms with Gasteiger partial charge >= 0.3 is 0 Å². The van der Waals surface area contributed by atoms with Crippen molar-refractivity contribution < 1.29 is 25.1 Å². The highest BCUT2D eigenvalue weighted by Crippen LogP contribution is 2.16. The quantitative estimate of drug-likeness (QED) is 0.566. The summed E-state index contributed by atoms with van der Waals surface area (Å²) in [5.74, 6) is -1.08. The van der Waals surface area contributed by atoms with Crippen molar-refractivity contribution in [3.05, 3.63) is 0 Å². The molecule has 14 heavy (non-hydrogen) atoms. The molecule has 0 amide bonds. The third-order valence-electron chi connectivity index (χ3n) is 2.07. The van der Waals surface area contributed by atoms with Crippen LogP contribution >= 0.6 is 0 Å². The van der Waals surface area contributed by atoms with Gasteiger partial charge in [0.25, 0.3) is 0 Å². The third kappa shape index (κ3) is 5.90. The van der Waals surface area contributed by atoms with Crippen LogP contribution < -0.4 is 10.8 Å². The maximum absolute atomic E-state index is 8.89. The molecule has 3 N–H and O–H groups in total. The fraction of sp³-hybridized carbons (Fsp3) is 0.889. The summed E-state index contributed by atoms with van der Waals surface area (Å²) in [6.07, 6.45) is 2.35. The van der Waals surface area contributed by atoms with Gasteiger partial charge in [-0.1, -0.05) is 0 Å². The normalized spacial score (nSPS) is 31.6. The first-order chi connectivity index (χ1) is 6.47. The lowest BCUT2D eigenvalue weighted by molar-refractivity contribution is -0.455. The highest BCUT2D eigenvalue weighted by Gasteiger charge is 2.27. The van der Waals surface area contributed by atoms with E-state index in [-0.39, 0.29) is 12.4 Å². The number of methoxy groups -OCH3 is 1. The van der Waals surface area contributed by atoms with Gasteiger partial charge in [-0.15, -0.1) is 0 Å². The minimum atomic E-state index is -1.08. The van der Waals surface area contributed by atoms with E-state index in [0.717, 1.165) is 19.8 Å². The number of carbonyl (C=O) groups excluding carboxylic acids is 1. The Morgan fingerprint density at radius 3 is 2.43 bits per heavy atom. The van der Waals surface area contributed by atoms with Crippen LogP contribution in [-0.4, -0.2) is 31.5 Å². The molecule has 1 saturated heterocycles. The summed E-state index contributed by atoms with van der Waals surface area (Å²) in [5.41, 5.74) is 3.97. The molecule has 0 aromatic carbocycles. The van der Waals surface area contributed by atoms with Gasteiger partial charge < -0.3 is 25.1 Å². The van der Waals surface area contributed by atoms with E-state index in [0.29, 0.717) is 6.04 Å². The van der Waals surface area contributed by atoms with Crippen molar-refractivity contribution in [1.82, 2.24) is 0 Å². The summed E-state index contributed by atoms with van der Waals surface area (Å²) >= 11 is 0. The Morgan fingerprint density at radius 1 is 1.57 bits per heavy atom. The van der Waals surface area contributed by atoms with Crippen LogP contribution in [0.1, 0.15) is 26.7 Å². The standard InChI is InChI=1S/C7H15NO2.C2H4O2/c1-5-6(8)3-4-7(9-2)10-5;1-2(3)4/h5-7H,3-4,8H2,1-2H3;1H3,(H,3,4)/t5?,6-,7+;/m1./s1. The molecule has 0 saturated carbocycles. The van der Waals surface area contributed by atoms with Crippen LogP contribution in [0.2, 0.25) is 0 Å². The maximum atomic E-state index is 8.89. The van der Waals surface area contributed by atoms with E-state index in [4.69, 9.17) is 19.4 Å². The van der Waals surface area contributed by atoms with Crippen LogP contribution in [0.5, 0.6) is 0 Å². The molecule has 1 heterocycles. The van der Waals surface area contributed by atoms with Crippen molar-refractivity contribution in [1.29, 1.82) is 0 Å². The zero-order valence-electron chi connectivity index (χ0n) is 8.99. The number of carbonyl (C=O) groups is 1. The zero-order chi connectivity index (χ0) is 11.1. The largest absolute Gasteiger partial charge is 0.550 e. The minimum Gasteiger partial charge on any atom is -0.550 e. The molecule has 0 spiro atoms. The number of carboxylic acid groups (broad SMARTS) is 1. The number of carboxylic acids is 1. The summed E-state index contributed by atoms with van der Waals surface area (Å²) in [6, 6.07) is 0.436. The maximum Gasteiger partial charge on any atom is 0.158 e. The summed E-state index contributed by atoms with van der Waals surface area (Å²) in [6.45, 7) is 3.02. The molecule has 0 radical (unpaired) electrons. The molecular formula is C9H19NO4. The van der Waals surface area contributed by atoms with E-state index in [2.05, 4.69) is 5.73 Å². The molecule has 0 aromatic heterocycles. The first-order valence-corrected chi connectivity index (χ1v) is 4.66. The van der Waals surface area contributed by atoms with Crippen LogP contribution in [0, 0.1) is 0 Å². The van der Waals surface area contributed by atoms with E-state index >= 15 is 0 Å². The smallest absolute Gasteiger partial charge is 0.158 e. The third-order valence-corrected chi connectivity index (χ3v) is 2.07. The van der Waals surface area contributed by atoms with Crippen LogP contribution in [-0.2, 0) is 14.3 Å². The predicted octanol–water partition coefficient (Wildman–Crippen LogP) is -1.48. The van der Waals surface area contributed by atoms with E-state index < -0.39 is 5.97 Å². The van der Waals surface area contributed by atoms with Crippen molar-refractivity contribution in [3.8, 4) is 0 Å².